The van der Waals surface area contributed by atoms with Crippen LogP contribution in [0.2, 0.25) is 0 Å². The van der Waals surface area contributed by atoms with E-state index in [-0.39, 0.29) is 32.7 Å². The molecule has 0 bridgehead atoms. The van der Waals surface area contributed by atoms with E-state index in [4.69, 9.17) is 0 Å². The summed E-state index contributed by atoms with van der Waals surface area (Å²) in [6, 6.07) is 0. The van der Waals surface area contributed by atoms with Gasteiger partial charge in [0.15, 0.2) is 5.67 Å². The van der Waals surface area contributed by atoms with Gasteiger partial charge in [0, 0.05) is 39.1 Å². The molecule has 2 atom stereocenters. The largest absolute Gasteiger partial charge is 0.550 e. The third-order valence-electron chi connectivity index (χ3n) is 1.96. The van der Waals surface area contributed by atoms with Crippen molar-refractivity contribution < 1.29 is 50.6 Å². The van der Waals surface area contributed by atoms with Crippen molar-refractivity contribution >= 4 is 0 Å². The van der Waals surface area contributed by atoms with E-state index in [2.05, 4.69) is 11.8 Å². The Hall–Kier alpha value is 0.854. The first-order valence-electron chi connectivity index (χ1n) is 2.89. The first kappa shape index (κ1) is 11.9. The molecule has 1 radical (unpaired) electrons. The monoisotopic (exact) mass is 242 g/mol. The van der Waals surface area contributed by atoms with Crippen LogP contribution in [0.15, 0.2) is 0 Å². The maximum atomic E-state index is 12.7. The number of hydrogen-bond donors (Lipinski definition) is 0. The van der Waals surface area contributed by atoms with Crippen molar-refractivity contribution in [1.82, 2.24) is 0 Å². The van der Waals surface area contributed by atoms with Gasteiger partial charge in [-0.1, -0.05) is 0 Å². The molecule has 0 amide bonds. The summed E-state index contributed by atoms with van der Waals surface area (Å²) in [7, 11) is 2.90. The normalized spacial score (nSPS) is 40.6. The van der Waals surface area contributed by atoms with Crippen molar-refractivity contribution in [3.8, 4) is 0 Å². The maximum Gasteiger partial charge on any atom is 0.286 e. The van der Waals surface area contributed by atoms with E-state index in [1.165, 1.54) is 0 Å². The van der Waals surface area contributed by atoms with Crippen LogP contribution in [0.1, 0.15) is 13.3 Å². The van der Waals surface area contributed by atoms with E-state index in [0.717, 1.165) is 6.92 Å². The summed E-state index contributed by atoms with van der Waals surface area (Å²) in [5.41, 5.74) is -2.53. The quantitative estimate of drug-likeness (QED) is 0.638. The van der Waals surface area contributed by atoms with Crippen molar-refractivity contribution in [2.45, 2.75) is 31.0 Å². The SMILES string of the molecule is [CH2-]OC1CC(F)(F)C1(C)F.[Y]. The van der Waals surface area contributed by atoms with Gasteiger partial charge in [-0.2, -0.15) is 0 Å². The third-order valence-corrected chi connectivity index (χ3v) is 1.96. The van der Waals surface area contributed by atoms with E-state index in [1.54, 1.807) is 0 Å². The summed E-state index contributed by atoms with van der Waals surface area (Å²) in [6.45, 7) is 0.826. The van der Waals surface area contributed by atoms with Crippen molar-refractivity contribution in [2.24, 2.45) is 0 Å². The summed E-state index contributed by atoms with van der Waals surface area (Å²) in [5, 5.41) is 0. The Morgan fingerprint density at radius 1 is 1.45 bits per heavy atom. The second-order valence-electron chi connectivity index (χ2n) is 2.64. The molecular formula is C6H8F3OY-. The van der Waals surface area contributed by atoms with Gasteiger partial charge >= 0.3 is 0 Å². The molecule has 1 aliphatic rings. The van der Waals surface area contributed by atoms with Crippen LogP contribution in [0.25, 0.3) is 0 Å². The molecule has 0 heterocycles. The van der Waals surface area contributed by atoms with E-state index in [9.17, 15) is 13.2 Å². The second kappa shape index (κ2) is 3.31. The standard InChI is InChI=1S/C6H8F3O.Y/c1-5(7)4(10-2)3-6(5,8)9;/h4H,2-3H2,1H3;/q-1;. The minimum Gasteiger partial charge on any atom is -0.550 e. The Morgan fingerprint density at radius 2 is 1.91 bits per heavy atom. The van der Waals surface area contributed by atoms with Crippen LogP contribution in [0.5, 0.6) is 0 Å². The van der Waals surface area contributed by atoms with Crippen LogP contribution in [-0.2, 0) is 37.4 Å². The van der Waals surface area contributed by atoms with Gasteiger partial charge < -0.3 is 4.74 Å². The molecule has 0 aromatic heterocycles. The first-order valence-corrected chi connectivity index (χ1v) is 2.89. The number of alkyl halides is 3. The number of rotatable bonds is 1. The van der Waals surface area contributed by atoms with Gasteiger partial charge in [0.2, 0.25) is 0 Å². The van der Waals surface area contributed by atoms with Crippen molar-refractivity contribution in [2.75, 3.05) is 0 Å². The predicted molar refractivity (Wildman–Crippen MR) is 29.3 cm³/mol. The topological polar surface area (TPSA) is 9.23 Å². The van der Waals surface area contributed by atoms with Gasteiger partial charge in [-0.15, -0.1) is 0 Å². The molecular weight excluding hydrogens is 234 g/mol. The van der Waals surface area contributed by atoms with Crippen LogP contribution in [0, 0.1) is 7.11 Å². The fraction of sp³-hybridized carbons (Fsp3) is 0.833. The van der Waals surface area contributed by atoms with Crippen LogP contribution in [0.4, 0.5) is 13.2 Å². The molecule has 0 saturated heterocycles. The smallest absolute Gasteiger partial charge is 0.286 e. The van der Waals surface area contributed by atoms with Gasteiger partial charge in [0.25, 0.3) is 5.92 Å². The maximum absolute atomic E-state index is 12.7. The van der Waals surface area contributed by atoms with Gasteiger partial charge in [0.1, 0.15) is 0 Å². The number of hydrogen-bond acceptors (Lipinski definition) is 1. The Labute approximate surface area is 88.6 Å². The van der Waals surface area contributed by atoms with E-state index >= 15 is 0 Å². The predicted octanol–water partition coefficient (Wildman–Crippen LogP) is 1.93. The molecule has 1 nitrogen and oxygen atoms in total. The second-order valence-corrected chi connectivity index (χ2v) is 2.64. The zero-order valence-corrected chi connectivity index (χ0v) is 8.95. The zero-order chi connectivity index (χ0) is 7.99. The molecule has 0 aromatic rings. The molecule has 1 rings (SSSR count). The molecule has 1 fully saturated rings. The van der Waals surface area contributed by atoms with Crippen molar-refractivity contribution in [3.63, 3.8) is 0 Å². The Morgan fingerprint density at radius 3 is 2.00 bits per heavy atom. The molecule has 0 spiro atoms. The van der Waals surface area contributed by atoms with Gasteiger partial charge in [-0.25, -0.2) is 20.3 Å². The molecule has 5 heteroatoms. The van der Waals surface area contributed by atoms with Crippen molar-refractivity contribution in [1.29, 1.82) is 0 Å². The Kier molecular flexibility index (Phi) is 3.56. The molecule has 0 aromatic carbocycles. The fourth-order valence-corrected chi connectivity index (χ4v) is 0.944. The van der Waals surface area contributed by atoms with Gasteiger partial charge in [0.05, 0.1) is 6.10 Å². The summed E-state index contributed by atoms with van der Waals surface area (Å²) in [5.74, 6) is -3.24. The van der Waals surface area contributed by atoms with Crippen LogP contribution in [-0.4, -0.2) is 17.7 Å². The van der Waals surface area contributed by atoms with Crippen LogP contribution < -0.4 is 0 Å². The van der Waals surface area contributed by atoms with Crippen LogP contribution >= 0.6 is 0 Å². The first-order chi connectivity index (χ1) is 4.42. The molecule has 2 unspecified atom stereocenters. The van der Waals surface area contributed by atoms with E-state index < -0.39 is 24.1 Å². The summed E-state index contributed by atoms with van der Waals surface area (Å²) < 4.78 is 41.5. The zero-order valence-electron chi connectivity index (χ0n) is 6.11. The number of halogens is 3. The van der Waals surface area contributed by atoms with E-state index in [0.29, 0.717) is 0 Å². The Balaban J connectivity index is 0.000001000. The molecule has 1 saturated carbocycles. The summed E-state index contributed by atoms with van der Waals surface area (Å²) in [6.07, 6.45) is -1.62. The Bertz CT molecular complexity index is 149. The average Bonchev–Trinajstić information content (AvgIpc) is 1.83. The third kappa shape index (κ3) is 1.63. The minimum absolute atomic E-state index is 0. The molecule has 0 aliphatic heterocycles. The molecule has 0 N–H and O–H groups in total. The van der Waals surface area contributed by atoms with E-state index in [1.807, 2.05) is 0 Å². The summed E-state index contributed by atoms with van der Waals surface area (Å²) >= 11 is 0. The van der Waals surface area contributed by atoms with Crippen molar-refractivity contribution in [3.05, 3.63) is 7.11 Å². The molecule has 11 heavy (non-hydrogen) atoms. The molecule has 1 aliphatic carbocycles. The minimum atomic E-state index is -3.24. The average molecular weight is 242 g/mol. The fourth-order valence-electron chi connectivity index (χ4n) is 0.944. The van der Waals surface area contributed by atoms with Gasteiger partial charge in [-0.3, -0.25) is 0 Å². The van der Waals surface area contributed by atoms with Crippen LogP contribution in [0.3, 0.4) is 0 Å². The summed E-state index contributed by atoms with van der Waals surface area (Å²) in [4.78, 5) is 0. The molecule has 63 valence electrons. The number of ether oxygens (including phenoxy) is 1. The van der Waals surface area contributed by atoms with Gasteiger partial charge in [-0.05, 0) is 6.92 Å².